The molecule has 0 fully saturated rings. The number of hydrogen-bond acceptors (Lipinski definition) is 5. The van der Waals surface area contributed by atoms with E-state index in [4.69, 9.17) is 22.6 Å². The summed E-state index contributed by atoms with van der Waals surface area (Å²) >= 11 is 5.68. The van der Waals surface area contributed by atoms with E-state index in [2.05, 4.69) is 15.3 Å². The molecule has 1 amide bonds. The highest BCUT2D eigenvalue weighted by molar-refractivity contribution is 6.28. The molecule has 0 aliphatic heterocycles. The van der Waals surface area contributed by atoms with Gasteiger partial charge in [0.05, 0.1) is 17.4 Å². The van der Waals surface area contributed by atoms with Crippen LogP contribution in [-0.2, 0) is 0 Å². The van der Waals surface area contributed by atoms with E-state index < -0.39 is 5.91 Å². The Bertz CT molecular complexity index is 680. The Morgan fingerprint density at radius 1 is 1.42 bits per heavy atom. The SMILES string of the molecule is N#Cc1cnc(Cl)nc1Nc1ccccc1C(N)=O. The summed E-state index contributed by atoms with van der Waals surface area (Å²) in [5.74, 6) is -0.363. The molecular formula is C12H8ClN5O. The third-order valence-electron chi connectivity index (χ3n) is 2.33. The highest BCUT2D eigenvalue weighted by atomic mass is 35.5. The Hall–Kier alpha value is -2.65. The lowest BCUT2D eigenvalue weighted by Crippen LogP contribution is -2.13. The van der Waals surface area contributed by atoms with Crippen molar-refractivity contribution in [3.63, 3.8) is 0 Å². The molecule has 0 aliphatic carbocycles. The number of nitrogens with two attached hydrogens (primary N) is 1. The number of aromatic nitrogens is 2. The molecule has 94 valence electrons. The normalized spacial score (nSPS) is 9.68. The fourth-order valence-corrected chi connectivity index (χ4v) is 1.61. The average Bonchev–Trinajstić information content (AvgIpc) is 2.39. The Labute approximate surface area is 113 Å². The van der Waals surface area contributed by atoms with Crippen LogP contribution in [0.5, 0.6) is 0 Å². The quantitative estimate of drug-likeness (QED) is 0.830. The predicted octanol–water partition coefficient (Wildman–Crippen LogP) is 1.84. The first kappa shape index (κ1) is 12.8. The molecule has 1 heterocycles. The van der Waals surface area contributed by atoms with Crippen molar-refractivity contribution in [1.29, 1.82) is 5.26 Å². The number of anilines is 2. The molecule has 0 aliphatic rings. The monoisotopic (exact) mass is 273 g/mol. The van der Waals surface area contributed by atoms with E-state index in [1.807, 2.05) is 6.07 Å². The highest BCUT2D eigenvalue weighted by Crippen LogP contribution is 2.22. The van der Waals surface area contributed by atoms with Crippen LogP contribution in [0.4, 0.5) is 11.5 Å². The molecule has 6 nitrogen and oxygen atoms in total. The van der Waals surface area contributed by atoms with Crippen molar-refractivity contribution < 1.29 is 4.79 Å². The number of benzene rings is 1. The molecule has 2 aromatic rings. The summed E-state index contributed by atoms with van der Waals surface area (Å²) < 4.78 is 0. The molecule has 0 unspecified atom stereocenters. The van der Waals surface area contributed by atoms with E-state index >= 15 is 0 Å². The van der Waals surface area contributed by atoms with Gasteiger partial charge in [-0.1, -0.05) is 12.1 Å². The van der Waals surface area contributed by atoms with Gasteiger partial charge in [0.1, 0.15) is 11.6 Å². The van der Waals surface area contributed by atoms with Crippen molar-refractivity contribution in [2.24, 2.45) is 5.73 Å². The van der Waals surface area contributed by atoms with Gasteiger partial charge in [-0.25, -0.2) is 4.98 Å². The number of amides is 1. The van der Waals surface area contributed by atoms with E-state index in [1.54, 1.807) is 24.3 Å². The van der Waals surface area contributed by atoms with Gasteiger partial charge in [-0.3, -0.25) is 4.79 Å². The van der Waals surface area contributed by atoms with Crippen molar-refractivity contribution in [2.75, 3.05) is 5.32 Å². The van der Waals surface area contributed by atoms with Gasteiger partial charge < -0.3 is 11.1 Å². The van der Waals surface area contributed by atoms with Crippen molar-refractivity contribution in [1.82, 2.24) is 9.97 Å². The Morgan fingerprint density at radius 3 is 2.84 bits per heavy atom. The molecule has 0 atom stereocenters. The molecule has 0 bridgehead atoms. The van der Waals surface area contributed by atoms with Crippen molar-refractivity contribution >= 4 is 29.0 Å². The van der Waals surface area contributed by atoms with Crippen LogP contribution in [0.3, 0.4) is 0 Å². The van der Waals surface area contributed by atoms with Gasteiger partial charge in [0.2, 0.25) is 5.28 Å². The van der Waals surface area contributed by atoms with Crippen LogP contribution in [0.2, 0.25) is 5.28 Å². The summed E-state index contributed by atoms with van der Waals surface area (Å²) in [5, 5.41) is 11.8. The van der Waals surface area contributed by atoms with Crippen molar-refractivity contribution in [2.45, 2.75) is 0 Å². The smallest absolute Gasteiger partial charge is 0.250 e. The maximum atomic E-state index is 11.3. The van der Waals surface area contributed by atoms with Gasteiger partial charge in [0, 0.05) is 0 Å². The molecular weight excluding hydrogens is 266 g/mol. The molecule has 3 N–H and O–H groups in total. The third kappa shape index (κ3) is 2.78. The van der Waals surface area contributed by atoms with Crippen molar-refractivity contribution in [3.05, 3.63) is 46.9 Å². The topological polar surface area (TPSA) is 105 Å². The second-order valence-electron chi connectivity index (χ2n) is 3.55. The van der Waals surface area contributed by atoms with Gasteiger partial charge in [0.25, 0.3) is 5.91 Å². The fourth-order valence-electron chi connectivity index (χ4n) is 1.47. The highest BCUT2D eigenvalue weighted by Gasteiger charge is 2.11. The minimum Gasteiger partial charge on any atom is -0.366 e. The molecule has 1 aromatic carbocycles. The lowest BCUT2D eigenvalue weighted by molar-refractivity contribution is 0.100. The number of primary amides is 1. The van der Waals surface area contributed by atoms with Crippen LogP contribution in [0.25, 0.3) is 0 Å². The number of carbonyl (C=O) groups excluding carboxylic acids is 1. The number of carbonyl (C=O) groups is 1. The second kappa shape index (κ2) is 5.33. The molecule has 1 aromatic heterocycles. The molecule has 19 heavy (non-hydrogen) atoms. The first-order valence-electron chi connectivity index (χ1n) is 5.20. The fraction of sp³-hybridized carbons (Fsp3) is 0. The summed E-state index contributed by atoms with van der Waals surface area (Å²) in [6.45, 7) is 0. The molecule has 2 rings (SSSR count). The van der Waals surface area contributed by atoms with Crippen LogP contribution in [-0.4, -0.2) is 15.9 Å². The Kier molecular flexibility index (Phi) is 3.59. The predicted molar refractivity (Wildman–Crippen MR) is 70.0 cm³/mol. The average molecular weight is 274 g/mol. The summed E-state index contributed by atoms with van der Waals surface area (Å²) in [6.07, 6.45) is 1.30. The lowest BCUT2D eigenvalue weighted by atomic mass is 10.1. The number of hydrogen-bond donors (Lipinski definition) is 2. The minimum absolute atomic E-state index is 0.00180. The van der Waals surface area contributed by atoms with E-state index in [0.29, 0.717) is 11.3 Å². The molecule has 7 heteroatoms. The van der Waals surface area contributed by atoms with Crippen LogP contribution in [0.1, 0.15) is 15.9 Å². The number of rotatable bonds is 3. The molecule has 0 radical (unpaired) electrons. The van der Waals surface area contributed by atoms with Crippen LogP contribution >= 0.6 is 11.6 Å². The minimum atomic E-state index is -0.582. The zero-order valence-corrected chi connectivity index (χ0v) is 10.3. The van der Waals surface area contributed by atoms with Gasteiger partial charge in [-0.05, 0) is 23.7 Å². The number of para-hydroxylation sites is 1. The first-order chi connectivity index (χ1) is 9.11. The lowest BCUT2D eigenvalue weighted by Gasteiger charge is -2.10. The standard InChI is InChI=1S/C12H8ClN5O/c13-12-16-6-7(5-14)11(18-12)17-9-4-2-1-3-8(9)10(15)19/h1-4,6H,(H2,15,19)(H,16,17,18). The van der Waals surface area contributed by atoms with E-state index in [9.17, 15) is 4.79 Å². The summed E-state index contributed by atoms with van der Waals surface area (Å²) in [5.41, 5.74) is 6.22. The zero-order valence-electron chi connectivity index (χ0n) is 9.59. The Morgan fingerprint density at radius 2 is 2.16 bits per heavy atom. The summed E-state index contributed by atoms with van der Waals surface area (Å²) in [7, 11) is 0. The van der Waals surface area contributed by atoms with Crippen LogP contribution in [0.15, 0.2) is 30.5 Å². The molecule has 0 saturated carbocycles. The maximum absolute atomic E-state index is 11.3. The maximum Gasteiger partial charge on any atom is 0.250 e. The van der Waals surface area contributed by atoms with Gasteiger partial charge in [-0.2, -0.15) is 10.2 Å². The number of halogens is 1. The molecule has 0 spiro atoms. The number of nitriles is 1. The Balaban J connectivity index is 2.45. The summed E-state index contributed by atoms with van der Waals surface area (Å²) in [6, 6.07) is 8.56. The van der Waals surface area contributed by atoms with Crippen molar-refractivity contribution in [3.8, 4) is 6.07 Å². The largest absolute Gasteiger partial charge is 0.366 e. The second-order valence-corrected chi connectivity index (χ2v) is 3.89. The summed E-state index contributed by atoms with van der Waals surface area (Å²) in [4.78, 5) is 18.9. The van der Waals surface area contributed by atoms with Gasteiger partial charge >= 0.3 is 0 Å². The van der Waals surface area contributed by atoms with E-state index in [-0.39, 0.29) is 16.7 Å². The van der Waals surface area contributed by atoms with Crippen LogP contribution < -0.4 is 11.1 Å². The van der Waals surface area contributed by atoms with Crippen LogP contribution in [0, 0.1) is 11.3 Å². The number of nitrogens with one attached hydrogen (secondary N) is 1. The molecule has 0 saturated heterocycles. The number of nitrogens with zero attached hydrogens (tertiary/aromatic N) is 3. The van der Waals surface area contributed by atoms with Gasteiger partial charge in [0.15, 0.2) is 5.82 Å². The zero-order chi connectivity index (χ0) is 13.8. The first-order valence-corrected chi connectivity index (χ1v) is 5.58. The third-order valence-corrected chi connectivity index (χ3v) is 2.51. The van der Waals surface area contributed by atoms with Gasteiger partial charge in [-0.15, -0.1) is 0 Å². The van der Waals surface area contributed by atoms with E-state index in [0.717, 1.165) is 0 Å². The van der Waals surface area contributed by atoms with E-state index in [1.165, 1.54) is 6.20 Å².